The first-order chi connectivity index (χ1) is 19.3. The van der Waals surface area contributed by atoms with Crippen molar-refractivity contribution in [1.82, 2.24) is 19.9 Å². The molecule has 0 atom stereocenters. The molecular weight excluding hydrogens is 648 g/mol. The van der Waals surface area contributed by atoms with Crippen LogP contribution in [0.2, 0.25) is 0 Å². The van der Waals surface area contributed by atoms with Crippen molar-refractivity contribution in [3.8, 4) is 0 Å². The lowest BCUT2D eigenvalue weighted by Gasteiger charge is -2.13. The summed E-state index contributed by atoms with van der Waals surface area (Å²) in [6, 6.07) is 6.14. The summed E-state index contributed by atoms with van der Waals surface area (Å²) < 4.78 is 11.8. The molecular formula is C28H22Br2N4O6. The Hall–Kier alpha value is -3.58. The van der Waals surface area contributed by atoms with Crippen LogP contribution in [-0.2, 0) is 9.47 Å². The molecule has 2 aliphatic heterocycles. The number of hydrogen-bond donors (Lipinski definition) is 2. The first kappa shape index (κ1) is 28.0. The predicted octanol–water partition coefficient (Wildman–Crippen LogP) is 5.79. The molecule has 4 heterocycles. The Balaban J connectivity index is 0.000000161. The van der Waals surface area contributed by atoms with Crippen molar-refractivity contribution < 1.29 is 29.3 Å². The monoisotopic (exact) mass is 668 g/mol. The van der Waals surface area contributed by atoms with Crippen LogP contribution in [0.5, 0.6) is 0 Å². The largest absolute Gasteiger partial charge is 0.478 e. The predicted molar refractivity (Wildman–Crippen MR) is 155 cm³/mol. The lowest BCUT2D eigenvalue weighted by Crippen LogP contribution is -2.05. The van der Waals surface area contributed by atoms with Gasteiger partial charge < -0.3 is 19.7 Å². The Bertz CT molecular complexity index is 1710. The van der Waals surface area contributed by atoms with E-state index in [1.54, 1.807) is 24.5 Å². The number of carboxylic acid groups (broad SMARTS) is 2. The number of aromatic carboxylic acids is 2. The van der Waals surface area contributed by atoms with Crippen molar-refractivity contribution in [3.63, 3.8) is 0 Å². The van der Waals surface area contributed by atoms with Crippen LogP contribution >= 0.6 is 31.9 Å². The number of fused-ring (bicyclic) bond motifs is 2. The maximum Gasteiger partial charge on any atom is 0.335 e. The molecule has 2 aromatic heterocycles. The van der Waals surface area contributed by atoms with E-state index in [9.17, 15) is 9.59 Å². The van der Waals surface area contributed by atoms with Gasteiger partial charge in [0, 0.05) is 8.95 Å². The van der Waals surface area contributed by atoms with Gasteiger partial charge >= 0.3 is 11.9 Å². The quantitative estimate of drug-likeness (QED) is 0.274. The molecule has 0 fully saturated rings. The SMILES string of the molecule is O=C(O)c1cc(Br)c2nc(C3=CCOCC3)cnc2c1.O=C(O)c1cc(Br)c2ncc(C3=CCOCC3)nc2c1. The van der Waals surface area contributed by atoms with Crippen LogP contribution < -0.4 is 0 Å². The zero-order chi connectivity index (χ0) is 28.2. The molecule has 0 amide bonds. The third-order valence-electron chi connectivity index (χ3n) is 6.28. The first-order valence-electron chi connectivity index (χ1n) is 12.2. The van der Waals surface area contributed by atoms with Crippen LogP contribution in [0.1, 0.15) is 44.9 Å². The van der Waals surface area contributed by atoms with Crippen LogP contribution in [0.3, 0.4) is 0 Å². The van der Waals surface area contributed by atoms with Crippen molar-refractivity contribution in [2.45, 2.75) is 12.8 Å². The number of aromatic nitrogens is 4. The van der Waals surface area contributed by atoms with Gasteiger partial charge in [-0.25, -0.2) is 19.6 Å². The fourth-order valence-electron chi connectivity index (χ4n) is 4.23. The first-order valence-corrected chi connectivity index (χ1v) is 13.8. The molecule has 0 spiro atoms. The van der Waals surface area contributed by atoms with Gasteiger partial charge in [-0.2, -0.15) is 0 Å². The van der Waals surface area contributed by atoms with E-state index in [0.717, 1.165) is 35.4 Å². The summed E-state index contributed by atoms with van der Waals surface area (Å²) >= 11 is 6.70. The van der Waals surface area contributed by atoms with Gasteiger partial charge in [-0.15, -0.1) is 0 Å². The van der Waals surface area contributed by atoms with Crippen molar-refractivity contribution in [2.75, 3.05) is 26.4 Å². The minimum absolute atomic E-state index is 0.191. The molecule has 0 bridgehead atoms. The van der Waals surface area contributed by atoms with Crippen molar-refractivity contribution in [3.05, 3.63) is 80.3 Å². The number of hydrogen-bond acceptors (Lipinski definition) is 8. The molecule has 2 aliphatic rings. The number of carboxylic acids is 2. The Morgan fingerprint density at radius 3 is 1.77 bits per heavy atom. The molecule has 6 rings (SSSR count). The average molecular weight is 670 g/mol. The average Bonchev–Trinajstić information content (AvgIpc) is 2.98. The summed E-state index contributed by atoms with van der Waals surface area (Å²) in [5.41, 5.74) is 6.62. The van der Waals surface area contributed by atoms with Crippen LogP contribution in [0.15, 0.2) is 57.8 Å². The zero-order valence-electron chi connectivity index (χ0n) is 20.9. The summed E-state index contributed by atoms with van der Waals surface area (Å²) in [6.07, 6.45) is 8.97. The maximum absolute atomic E-state index is 11.1. The van der Waals surface area contributed by atoms with Crippen LogP contribution in [-0.4, -0.2) is 68.5 Å². The standard InChI is InChI=1S/2C14H11BrN2O3/c15-10-5-9(14(18)19)6-11-13(10)16-7-12(17-11)8-1-3-20-4-2-8;15-10-5-9(14(18)19)6-11-13(10)17-12(7-16-11)8-1-3-20-4-2-8/h2*1,5-7H,2-4H2,(H,18,19). The van der Waals surface area contributed by atoms with E-state index in [1.165, 1.54) is 12.1 Å². The van der Waals surface area contributed by atoms with Gasteiger partial charge in [-0.1, -0.05) is 12.2 Å². The van der Waals surface area contributed by atoms with Crippen LogP contribution in [0.25, 0.3) is 33.2 Å². The number of rotatable bonds is 4. The van der Waals surface area contributed by atoms with Gasteiger partial charge in [0.1, 0.15) is 11.0 Å². The summed E-state index contributed by atoms with van der Waals surface area (Å²) in [7, 11) is 0. The van der Waals surface area contributed by atoms with E-state index in [1.807, 2.05) is 12.2 Å². The van der Waals surface area contributed by atoms with Gasteiger partial charge in [-0.3, -0.25) is 9.97 Å². The smallest absolute Gasteiger partial charge is 0.335 e. The van der Waals surface area contributed by atoms with Crippen LogP contribution in [0.4, 0.5) is 0 Å². The molecule has 0 saturated heterocycles. The third-order valence-corrected chi connectivity index (χ3v) is 7.49. The molecule has 10 nitrogen and oxygen atoms in total. The number of carbonyl (C=O) groups is 2. The van der Waals surface area contributed by atoms with Crippen molar-refractivity contribution in [2.24, 2.45) is 0 Å². The Labute approximate surface area is 245 Å². The molecule has 40 heavy (non-hydrogen) atoms. The highest BCUT2D eigenvalue weighted by Crippen LogP contribution is 2.28. The van der Waals surface area contributed by atoms with Gasteiger partial charge in [0.15, 0.2) is 0 Å². The molecule has 0 radical (unpaired) electrons. The number of ether oxygens (including phenoxy) is 2. The summed E-state index contributed by atoms with van der Waals surface area (Å²) in [5, 5.41) is 18.1. The van der Waals surface area contributed by atoms with Crippen LogP contribution in [0, 0.1) is 0 Å². The second kappa shape index (κ2) is 12.3. The number of nitrogens with zero attached hydrogens (tertiary/aromatic N) is 4. The second-order valence-corrected chi connectivity index (χ2v) is 10.6. The minimum atomic E-state index is -0.981. The summed E-state index contributed by atoms with van der Waals surface area (Å²) in [5.74, 6) is -1.96. The highest BCUT2D eigenvalue weighted by Gasteiger charge is 2.15. The van der Waals surface area contributed by atoms with Gasteiger partial charge in [0.2, 0.25) is 0 Å². The highest BCUT2D eigenvalue weighted by atomic mass is 79.9. The van der Waals surface area contributed by atoms with E-state index in [2.05, 4.69) is 51.8 Å². The van der Waals surface area contributed by atoms with E-state index in [0.29, 0.717) is 57.4 Å². The second-order valence-electron chi connectivity index (χ2n) is 8.88. The zero-order valence-corrected chi connectivity index (χ0v) is 24.1. The van der Waals surface area contributed by atoms with Gasteiger partial charge in [-0.05, 0) is 80.1 Å². The topological polar surface area (TPSA) is 145 Å². The summed E-state index contributed by atoms with van der Waals surface area (Å²) in [4.78, 5) is 39.9. The van der Waals surface area contributed by atoms with Gasteiger partial charge in [0.05, 0.1) is 72.4 Å². The van der Waals surface area contributed by atoms with E-state index >= 15 is 0 Å². The van der Waals surface area contributed by atoms with Gasteiger partial charge in [0.25, 0.3) is 0 Å². The molecule has 204 valence electrons. The van der Waals surface area contributed by atoms with Crippen molar-refractivity contribution in [1.29, 1.82) is 0 Å². The molecule has 2 aromatic carbocycles. The lowest BCUT2D eigenvalue weighted by atomic mass is 10.1. The Morgan fingerprint density at radius 1 is 0.700 bits per heavy atom. The van der Waals surface area contributed by atoms with Crippen molar-refractivity contribution >= 4 is 77.0 Å². The molecule has 2 N–H and O–H groups in total. The Kier molecular flexibility index (Phi) is 8.60. The fourth-order valence-corrected chi connectivity index (χ4v) is 5.32. The fraction of sp³-hybridized carbons (Fsp3) is 0.214. The number of halogens is 2. The maximum atomic E-state index is 11.1. The molecule has 0 aliphatic carbocycles. The minimum Gasteiger partial charge on any atom is -0.478 e. The number of benzene rings is 2. The lowest BCUT2D eigenvalue weighted by molar-refractivity contribution is 0.0686. The molecule has 0 unspecified atom stereocenters. The molecule has 0 saturated carbocycles. The van der Waals surface area contributed by atoms with E-state index in [-0.39, 0.29) is 11.1 Å². The summed E-state index contributed by atoms with van der Waals surface area (Å²) in [6.45, 7) is 2.52. The van der Waals surface area contributed by atoms with E-state index in [4.69, 9.17) is 19.7 Å². The van der Waals surface area contributed by atoms with E-state index < -0.39 is 11.9 Å². The normalized spacial score (nSPS) is 15.2. The Morgan fingerprint density at radius 2 is 1.23 bits per heavy atom. The highest BCUT2D eigenvalue weighted by molar-refractivity contribution is 9.11. The molecule has 4 aromatic rings. The molecule has 12 heteroatoms. The third kappa shape index (κ3) is 6.25.